The van der Waals surface area contributed by atoms with Crippen molar-refractivity contribution in [3.63, 3.8) is 0 Å². The van der Waals surface area contributed by atoms with Gasteiger partial charge >= 0.3 is 0 Å². The molecule has 2 amide bonds. The van der Waals surface area contributed by atoms with E-state index >= 15 is 0 Å². The van der Waals surface area contributed by atoms with Crippen LogP contribution in [-0.2, 0) is 9.59 Å². The summed E-state index contributed by atoms with van der Waals surface area (Å²) in [5.74, 6) is -0.350. The quantitative estimate of drug-likeness (QED) is 0.616. The van der Waals surface area contributed by atoms with Gasteiger partial charge in [-0.05, 0) is 24.1 Å². The summed E-state index contributed by atoms with van der Waals surface area (Å²) in [6, 6.07) is 4.76. The number of imide groups is 1. The lowest BCUT2D eigenvalue weighted by atomic mass is 9.97. The largest absolute Gasteiger partial charge is 0.397 e. The zero-order valence-electron chi connectivity index (χ0n) is 9.44. The van der Waals surface area contributed by atoms with E-state index < -0.39 is 0 Å². The summed E-state index contributed by atoms with van der Waals surface area (Å²) < 4.78 is 0. The van der Waals surface area contributed by atoms with Crippen LogP contribution in [0.2, 0.25) is 5.02 Å². The highest BCUT2D eigenvalue weighted by Gasteiger charge is 2.32. The number of nitrogens with two attached hydrogens (primary N) is 1. The lowest BCUT2D eigenvalue weighted by Crippen LogP contribution is -2.43. The zero-order chi connectivity index (χ0) is 12.6. The Balaban J connectivity index is 2.41. The zero-order valence-corrected chi connectivity index (χ0v) is 10.2. The Bertz CT molecular complexity index is 469. The molecule has 2 N–H and O–H groups in total. The molecule has 1 fully saturated rings. The number of anilines is 2. The molecule has 0 aliphatic carbocycles. The Kier molecular flexibility index (Phi) is 3.07. The Labute approximate surface area is 104 Å². The SMILES string of the molecule is CC1CC(=O)N(c2cc(Cl)ccc2N)C(=O)C1. The third-order valence-corrected chi connectivity index (χ3v) is 3.01. The Morgan fingerprint density at radius 3 is 2.47 bits per heavy atom. The van der Waals surface area contributed by atoms with E-state index in [0.717, 1.165) is 4.90 Å². The molecular formula is C12H13ClN2O2. The number of amides is 2. The van der Waals surface area contributed by atoms with E-state index in [2.05, 4.69) is 0 Å². The molecule has 0 aromatic heterocycles. The molecule has 0 spiro atoms. The summed E-state index contributed by atoms with van der Waals surface area (Å²) in [5, 5.41) is 0.452. The molecule has 2 rings (SSSR count). The number of carbonyl (C=O) groups excluding carboxylic acids is 2. The van der Waals surface area contributed by atoms with Gasteiger partial charge in [-0.25, -0.2) is 4.90 Å². The van der Waals surface area contributed by atoms with Crippen LogP contribution in [0.15, 0.2) is 18.2 Å². The van der Waals surface area contributed by atoms with Gasteiger partial charge in [-0.3, -0.25) is 9.59 Å². The number of nitrogen functional groups attached to an aromatic ring is 1. The molecule has 90 valence electrons. The van der Waals surface area contributed by atoms with Crippen LogP contribution in [0.4, 0.5) is 11.4 Å². The number of hydrogen-bond donors (Lipinski definition) is 1. The number of piperidine rings is 1. The van der Waals surface area contributed by atoms with Crippen molar-refractivity contribution in [3.8, 4) is 0 Å². The normalized spacial score (nSPS) is 17.6. The third kappa shape index (κ3) is 2.26. The number of rotatable bonds is 1. The Morgan fingerprint density at radius 1 is 1.29 bits per heavy atom. The minimum Gasteiger partial charge on any atom is -0.397 e. The summed E-state index contributed by atoms with van der Waals surface area (Å²) in [5.41, 5.74) is 6.54. The topological polar surface area (TPSA) is 63.4 Å². The molecule has 0 atom stereocenters. The maximum absolute atomic E-state index is 11.9. The molecule has 1 saturated heterocycles. The average molecular weight is 253 g/mol. The fourth-order valence-electron chi connectivity index (χ4n) is 1.97. The highest BCUT2D eigenvalue weighted by atomic mass is 35.5. The van der Waals surface area contributed by atoms with Crippen molar-refractivity contribution in [1.29, 1.82) is 0 Å². The second-order valence-corrected chi connectivity index (χ2v) is 4.78. The fourth-order valence-corrected chi connectivity index (χ4v) is 2.14. The molecule has 1 aromatic carbocycles. The van der Waals surface area contributed by atoms with Crippen molar-refractivity contribution in [2.24, 2.45) is 5.92 Å². The third-order valence-electron chi connectivity index (χ3n) is 2.78. The van der Waals surface area contributed by atoms with Gasteiger partial charge in [0.1, 0.15) is 0 Å². The van der Waals surface area contributed by atoms with Crippen LogP contribution in [0, 0.1) is 5.92 Å². The van der Waals surface area contributed by atoms with Gasteiger partial charge in [0.05, 0.1) is 11.4 Å². The maximum atomic E-state index is 11.9. The molecule has 1 heterocycles. The van der Waals surface area contributed by atoms with Crippen LogP contribution in [0.1, 0.15) is 19.8 Å². The summed E-state index contributed by atoms with van der Waals surface area (Å²) in [4.78, 5) is 24.9. The highest BCUT2D eigenvalue weighted by molar-refractivity contribution is 6.31. The maximum Gasteiger partial charge on any atom is 0.234 e. The average Bonchev–Trinajstić information content (AvgIpc) is 2.21. The standard InChI is InChI=1S/C12H13ClN2O2/c1-7-4-11(16)15(12(17)5-7)10-6-8(13)2-3-9(10)14/h2-3,6-7H,4-5,14H2,1H3. The van der Waals surface area contributed by atoms with Crippen LogP contribution < -0.4 is 10.6 Å². The lowest BCUT2D eigenvalue weighted by Gasteiger charge is -2.29. The summed E-state index contributed by atoms with van der Waals surface area (Å²) in [6.45, 7) is 1.88. The number of hydrogen-bond acceptors (Lipinski definition) is 3. The van der Waals surface area contributed by atoms with Gasteiger partial charge in [-0.1, -0.05) is 18.5 Å². The van der Waals surface area contributed by atoms with E-state index in [1.165, 1.54) is 0 Å². The van der Waals surface area contributed by atoms with Gasteiger partial charge in [-0.2, -0.15) is 0 Å². The summed E-state index contributed by atoms with van der Waals surface area (Å²) in [6.07, 6.45) is 0.718. The van der Waals surface area contributed by atoms with Crippen LogP contribution in [0.5, 0.6) is 0 Å². The van der Waals surface area contributed by atoms with Crippen molar-refractivity contribution in [3.05, 3.63) is 23.2 Å². The van der Waals surface area contributed by atoms with Gasteiger partial charge in [0.25, 0.3) is 0 Å². The summed E-state index contributed by atoms with van der Waals surface area (Å²) in [7, 11) is 0. The first-order valence-electron chi connectivity index (χ1n) is 5.40. The second kappa shape index (κ2) is 4.37. The van der Waals surface area contributed by atoms with E-state index in [1.807, 2.05) is 6.92 Å². The first-order chi connectivity index (χ1) is 7.99. The smallest absolute Gasteiger partial charge is 0.234 e. The number of carbonyl (C=O) groups is 2. The van der Waals surface area contributed by atoms with Crippen molar-refractivity contribution < 1.29 is 9.59 Å². The molecule has 0 unspecified atom stereocenters. The first kappa shape index (κ1) is 11.9. The van der Waals surface area contributed by atoms with Gasteiger partial charge < -0.3 is 5.73 Å². The van der Waals surface area contributed by atoms with Crippen molar-refractivity contribution in [2.45, 2.75) is 19.8 Å². The van der Waals surface area contributed by atoms with Crippen molar-refractivity contribution >= 4 is 34.8 Å². The first-order valence-corrected chi connectivity index (χ1v) is 5.77. The van der Waals surface area contributed by atoms with Crippen LogP contribution >= 0.6 is 11.6 Å². The van der Waals surface area contributed by atoms with E-state index in [-0.39, 0.29) is 17.7 Å². The van der Waals surface area contributed by atoms with Crippen molar-refractivity contribution in [2.75, 3.05) is 10.6 Å². The van der Waals surface area contributed by atoms with Gasteiger partial charge in [-0.15, -0.1) is 0 Å². The van der Waals surface area contributed by atoms with Crippen LogP contribution in [-0.4, -0.2) is 11.8 Å². The van der Waals surface area contributed by atoms with Crippen LogP contribution in [0.25, 0.3) is 0 Å². The second-order valence-electron chi connectivity index (χ2n) is 4.34. The molecule has 5 heteroatoms. The van der Waals surface area contributed by atoms with E-state index in [0.29, 0.717) is 29.2 Å². The highest BCUT2D eigenvalue weighted by Crippen LogP contribution is 2.31. The molecule has 1 aliphatic heterocycles. The van der Waals surface area contributed by atoms with Crippen molar-refractivity contribution in [1.82, 2.24) is 0 Å². The minimum absolute atomic E-state index is 0.0895. The molecule has 1 aliphatic rings. The molecule has 4 nitrogen and oxygen atoms in total. The monoisotopic (exact) mass is 252 g/mol. The van der Waals surface area contributed by atoms with Crippen LogP contribution in [0.3, 0.4) is 0 Å². The fraction of sp³-hybridized carbons (Fsp3) is 0.333. The molecule has 0 radical (unpaired) electrons. The molecule has 1 aromatic rings. The Hall–Kier alpha value is -1.55. The number of benzene rings is 1. The summed E-state index contributed by atoms with van der Waals surface area (Å²) >= 11 is 5.86. The number of nitrogens with zero attached hydrogens (tertiary/aromatic N) is 1. The lowest BCUT2D eigenvalue weighted by molar-refractivity contribution is -0.130. The van der Waals surface area contributed by atoms with E-state index in [1.54, 1.807) is 18.2 Å². The van der Waals surface area contributed by atoms with E-state index in [4.69, 9.17) is 17.3 Å². The molecule has 17 heavy (non-hydrogen) atoms. The predicted octanol–water partition coefficient (Wildman–Crippen LogP) is 2.21. The van der Waals surface area contributed by atoms with Gasteiger partial charge in [0, 0.05) is 17.9 Å². The number of halogens is 1. The Morgan fingerprint density at radius 2 is 1.88 bits per heavy atom. The molecular weight excluding hydrogens is 240 g/mol. The van der Waals surface area contributed by atoms with E-state index in [9.17, 15) is 9.59 Å². The molecule has 0 bridgehead atoms. The van der Waals surface area contributed by atoms with Gasteiger partial charge in [0.2, 0.25) is 11.8 Å². The minimum atomic E-state index is -0.220. The van der Waals surface area contributed by atoms with Gasteiger partial charge in [0.15, 0.2) is 0 Å². The molecule has 0 saturated carbocycles. The predicted molar refractivity (Wildman–Crippen MR) is 66.8 cm³/mol.